The highest BCUT2D eigenvalue weighted by molar-refractivity contribution is 5.98. The lowest BCUT2D eigenvalue weighted by Crippen LogP contribution is -2.23. The molecule has 3 aromatic rings. The molecule has 2 N–H and O–H groups in total. The summed E-state index contributed by atoms with van der Waals surface area (Å²) in [5, 5.41) is 22.6. The standard InChI is InChI=1S/C14H26O4.C14H10/c1-2-3-4-5-6-7-8-9-10-11-12(13(15)16)14(17)18;1-2-6-12-10-14-8-4-3-7-13(14)9-11(12)5-1/h12H,2-11H2,1H3,(H,15,16)(H,17,18);1-10H. The average Bonchev–Trinajstić information content (AvgIpc) is 2.79. The Kier molecular flexibility index (Phi) is 11.3. The minimum Gasteiger partial charge on any atom is -0.481 e. The second-order valence-electron chi connectivity index (χ2n) is 8.39. The van der Waals surface area contributed by atoms with Gasteiger partial charge in [0.2, 0.25) is 0 Å². The fraction of sp³-hybridized carbons (Fsp3) is 0.429. The van der Waals surface area contributed by atoms with E-state index in [1.54, 1.807) is 0 Å². The van der Waals surface area contributed by atoms with Crippen LogP contribution in [0.2, 0.25) is 0 Å². The Morgan fingerprint density at radius 3 is 1.31 bits per heavy atom. The van der Waals surface area contributed by atoms with Crippen LogP contribution in [0.15, 0.2) is 60.7 Å². The van der Waals surface area contributed by atoms with Crippen LogP contribution in [0, 0.1) is 5.92 Å². The van der Waals surface area contributed by atoms with Crippen molar-refractivity contribution < 1.29 is 19.8 Å². The van der Waals surface area contributed by atoms with Crippen LogP contribution < -0.4 is 0 Å². The average molecular weight is 437 g/mol. The molecule has 172 valence electrons. The predicted octanol–water partition coefficient (Wildman–Crippen LogP) is 7.69. The molecule has 0 aromatic heterocycles. The van der Waals surface area contributed by atoms with E-state index in [4.69, 9.17) is 10.2 Å². The molecular weight excluding hydrogens is 400 g/mol. The summed E-state index contributed by atoms with van der Waals surface area (Å²) in [6, 6.07) is 21.4. The van der Waals surface area contributed by atoms with Crippen molar-refractivity contribution in [3.8, 4) is 0 Å². The van der Waals surface area contributed by atoms with Crippen LogP contribution in [0.25, 0.3) is 21.5 Å². The number of carboxylic acid groups (broad SMARTS) is 2. The Balaban J connectivity index is 0.000000231. The first-order valence-corrected chi connectivity index (χ1v) is 11.9. The monoisotopic (exact) mass is 436 g/mol. The zero-order valence-corrected chi connectivity index (χ0v) is 19.1. The van der Waals surface area contributed by atoms with E-state index < -0.39 is 17.9 Å². The fourth-order valence-electron chi connectivity index (χ4n) is 3.89. The molecule has 0 spiro atoms. The number of rotatable bonds is 12. The summed E-state index contributed by atoms with van der Waals surface area (Å²) in [5.41, 5.74) is 0. The summed E-state index contributed by atoms with van der Waals surface area (Å²) < 4.78 is 0. The van der Waals surface area contributed by atoms with E-state index in [2.05, 4.69) is 67.6 Å². The van der Waals surface area contributed by atoms with Gasteiger partial charge in [0.25, 0.3) is 0 Å². The maximum absolute atomic E-state index is 10.6. The van der Waals surface area contributed by atoms with E-state index in [1.807, 2.05) is 0 Å². The van der Waals surface area contributed by atoms with E-state index in [1.165, 1.54) is 60.1 Å². The number of carboxylic acids is 2. The minimum absolute atomic E-state index is 0.250. The summed E-state index contributed by atoms with van der Waals surface area (Å²) >= 11 is 0. The van der Waals surface area contributed by atoms with Crippen molar-refractivity contribution in [3.05, 3.63) is 60.7 Å². The number of carbonyl (C=O) groups is 2. The Morgan fingerprint density at radius 2 is 0.969 bits per heavy atom. The molecule has 0 aliphatic heterocycles. The summed E-state index contributed by atoms with van der Waals surface area (Å²) in [7, 11) is 0. The molecule has 4 nitrogen and oxygen atoms in total. The maximum Gasteiger partial charge on any atom is 0.317 e. The van der Waals surface area contributed by atoms with Gasteiger partial charge in [0.15, 0.2) is 5.92 Å². The van der Waals surface area contributed by atoms with Crippen molar-refractivity contribution in [1.29, 1.82) is 0 Å². The van der Waals surface area contributed by atoms with Crippen LogP contribution in [-0.2, 0) is 9.59 Å². The van der Waals surface area contributed by atoms with Crippen molar-refractivity contribution in [3.63, 3.8) is 0 Å². The third-order valence-electron chi connectivity index (χ3n) is 5.81. The number of aliphatic carboxylic acids is 2. The lowest BCUT2D eigenvalue weighted by Gasteiger charge is -2.06. The van der Waals surface area contributed by atoms with Crippen LogP contribution in [0.1, 0.15) is 71.1 Å². The van der Waals surface area contributed by atoms with Crippen LogP contribution in [0.3, 0.4) is 0 Å². The van der Waals surface area contributed by atoms with Gasteiger partial charge in [-0.3, -0.25) is 9.59 Å². The number of hydrogen-bond donors (Lipinski definition) is 2. The van der Waals surface area contributed by atoms with E-state index >= 15 is 0 Å². The normalized spacial score (nSPS) is 10.8. The third kappa shape index (κ3) is 8.70. The van der Waals surface area contributed by atoms with E-state index in [-0.39, 0.29) is 6.42 Å². The number of hydrogen-bond acceptors (Lipinski definition) is 2. The molecule has 0 amide bonds. The number of benzene rings is 3. The highest BCUT2D eigenvalue weighted by Crippen LogP contribution is 2.22. The minimum atomic E-state index is -1.23. The van der Waals surface area contributed by atoms with Crippen molar-refractivity contribution in [2.45, 2.75) is 71.1 Å². The summed E-state index contributed by atoms with van der Waals surface area (Å²) in [6.45, 7) is 2.20. The SMILES string of the molecule is CCCCCCCCCCCC(C(=O)O)C(=O)O.c1ccc2cc3ccccc3cc2c1. The Bertz CT molecular complexity index is 860. The van der Waals surface area contributed by atoms with Gasteiger partial charge in [0.05, 0.1) is 0 Å². The first-order chi connectivity index (χ1) is 15.5. The predicted molar refractivity (Wildman–Crippen MR) is 132 cm³/mol. The Morgan fingerprint density at radius 1 is 0.625 bits per heavy atom. The van der Waals surface area contributed by atoms with Crippen molar-refractivity contribution >= 4 is 33.5 Å². The van der Waals surface area contributed by atoms with Crippen LogP contribution in [0.4, 0.5) is 0 Å². The number of unbranched alkanes of at least 4 members (excludes halogenated alkanes) is 8. The summed E-state index contributed by atoms with van der Waals surface area (Å²) in [4.78, 5) is 21.3. The molecular formula is C28H36O4. The summed E-state index contributed by atoms with van der Waals surface area (Å²) in [6.07, 6.45) is 10.5. The first-order valence-electron chi connectivity index (χ1n) is 11.9. The molecule has 3 rings (SSSR count). The van der Waals surface area contributed by atoms with Crippen molar-refractivity contribution in [2.24, 2.45) is 5.92 Å². The molecule has 0 heterocycles. The zero-order valence-electron chi connectivity index (χ0n) is 19.1. The Labute approximate surface area is 191 Å². The fourth-order valence-corrected chi connectivity index (χ4v) is 3.89. The second-order valence-corrected chi connectivity index (χ2v) is 8.39. The van der Waals surface area contributed by atoms with Gasteiger partial charge in [-0.15, -0.1) is 0 Å². The quantitative estimate of drug-likeness (QED) is 0.173. The van der Waals surface area contributed by atoms with E-state index in [0.717, 1.165) is 12.8 Å². The van der Waals surface area contributed by atoms with Crippen LogP contribution >= 0.6 is 0 Å². The molecule has 0 saturated heterocycles. The molecule has 0 unspecified atom stereocenters. The Hall–Kier alpha value is -2.88. The van der Waals surface area contributed by atoms with Gasteiger partial charge in [-0.2, -0.15) is 0 Å². The third-order valence-corrected chi connectivity index (χ3v) is 5.81. The topological polar surface area (TPSA) is 74.6 Å². The van der Waals surface area contributed by atoms with Gasteiger partial charge in [0.1, 0.15) is 0 Å². The van der Waals surface area contributed by atoms with Gasteiger partial charge in [-0.1, -0.05) is 113 Å². The first kappa shape index (κ1) is 25.4. The molecule has 32 heavy (non-hydrogen) atoms. The molecule has 3 aromatic carbocycles. The molecule has 0 aliphatic carbocycles. The molecule has 0 fully saturated rings. The van der Waals surface area contributed by atoms with E-state index in [9.17, 15) is 9.59 Å². The molecule has 0 radical (unpaired) electrons. The maximum atomic E-state index is 10.6. The van der Waals surface area contributed by atoms with Gasteiger partial charge < -0.3 is 10.2 Å². The molecule has 0 aliphatic rings. The molecule has 0 saturated carbocycles. The molecule has 4 heteroatoms. The highest BCUT2D eigenvalue weighted by Gasteiger charge is 2.24. The van der Waals surface area contributed by atoms with Crippen LogP contribution in [-0.4, -0.2) is 22.2 Å². The lowest BCUT2D eigenvalue weighted by atomic mass is 10.00. The smallest absolute Gasteiger partial charge is 0.317 e. The van der Waals surface area contributed by atoms with Gasteiger partial charge in [-0.05, 0) is 40.1 Å². The van der Waals surface area contributed by atoms with Gasteiger partial charge in [0, 0.05) is 0 Å². The number of fused-ring (bicyclic) bond motifs is 2. The van der Waals surface area contributed by atoms with E-state index in [0.29, 0.717) is 6.42 Å². The van der Waals surface area contributed by atoms with Gasteiger partial charge >= 0.3 is 11.9 Å². The molecule has 0 bridgehead atoms. The van der Waals surface area contributed by atoms with Gasteiger partial charge in [-0.25, -0.2) is 0 Å². The largest absolute Gasteiger partial charge is 0.481 e. The highest BCUT2D eigenvalue weighted by atomic mass is 16.4. The molecule has 0 atom stereocenters. The summed E-state index contributed by atoms with van der Waals surface area (Å²) in [5.74, 6) is -3.67. The van der Waals surface area contributed by atoms with Crippen molar-refractivity contribution in [2.75, 3.05) is 0 Å². The zero-order chi connectivity index (χ0) is 23.2. The van der Waals surface area contributed by atoms with Crippen molar-refractivity contribution in [1.82, 2.24) is 0 Å². The second kappa shape index (κ2) is 14.2. The lowest BCUT2D eigenvalue weighted by molar-refractivity contribution is -0.154. The van der Waals surface area contributed by atoms with Crippen LogP contribution in [0.5, 0.6) is 0 Å².